The zero-order valence-corrected chi connectivity index (χ0v) is 18.1. The van der Waals surface area contributed by atoms with Gasteiger partial charge in [-0.2, -0.15) is 0 Å². The Bertz CT molecular complexity index is 884. The minimum Gasteiger partial charge on any atom is -0.497 e. The van der Waals surface area contributed by atoms with Gasteiger partial charge in [0.25, 0.3) is 0 Å². The van der Waals surface area contributed by atoms with Crippen LogP contribution in [0.15, 0.2) is 47.5 Å². The molecule has 1 atom stereocenters. The number of benzodiazepines with no additional fused rings is 1. The van der Waals surface area contributed by atoms with Crippen molar-refractivity contribution in [1.82, 2.24) is 0 Å². The lowest BCUT2D eigenvalue weighted by atomic mass is 9.99. The summed E-state index contributed by atoms with van der Waals surface area (Å²) in [5.41, 5.74) is 3.42. The average molecular weight is 431 g/mol. The maximum Gasteiger partial charge on any atom is 0.122 e. The van der Waals surface area contributed by atoms with Gasteiger partial charge in [-0.25, -0.2) is 0 Å². The minimum atomic E-state index is -0.239. The normalized spacial score (nSPS) is 14.5. The molecule has 7 nitrogen and oxygen atoms in total. The maximum atomic E-state index is 11.1. The summed E-state index contributed by atoms with van der Waals surface area (Å²) >= 11 is 6.03. The summed E-state index contributed by atoms with van der Waals surface area (Å²) in [5, 5.41) is 21.3. The fourth-order valence-electron chi connectivity index (χ4n) is 3.06. The van der Waals surface area contributed by atoms with Crippen molar-refractivity contribution in [2.24, 2.45) is 4.99 Å². The lowest BCUT2D eigenvalue weighted by Crippen LogP contribution is -2.34. The molecule has 0 bridgehead atoms. The van der Waals surface area contributed by atoms with Crippen LogP contribution in [0.2, 0.25) is 5.02 Å². The molecule has 0 spiro atoms. The van der Waals surface area contributed by atoms with Crippen molar-refractivity contribution in [3.05, 3.63) is 58.6 Å². The van der Waals surface area contributed by atoms with E-state index in [4.69, 9.17) is 37.3 Å². The number of aldehydes is 1. The number of rotatable bonds is 4. The van der Waals surface area contributed by atoms with E-state index in [9.17, 15) is 4.79 Å². The molecule has 0 fully saturated rings. The van der Waals surface area contributed by atoms with Gasteiger partial charge in [0.2, 0.25) is 0 Å². The molecule has 0 amide bonds. The fourth-order valence-corrected chi connectivity index (χ4v) is 3.19. The Labute approximate surface area is 182 Å². The first-order valence-electron chi connectivity index (χ1n) is 9.12. The summed E-state index contributed by atoms with van der Waals surface area (Å²) in [6, 6.07) is 12.9. The fraction of sp³-hybridized carbons (Fsp3) is 0.273. The number of nitrogens with one attached hydrogen (secondary N) is 2. The lowest BCUT2D eigenvalue weighted by molar-refractivity contribution is -0.108. The minimum absolute atomic E-state index is 0.239. The first kappa shape index (κ1) is 25.0. The van der Waals surface area contributed by atoms with Gasteiger partial charge < -0.3 is 24.9 Å². The highest BCUT2D eigenvalue weighted by Crippen LogP contribution is 2.32. The molecular weight excluding hydrogens is 404 g/mol. The molecule has 0 unspecified atom stereocenters. The Kier molecular flexibility index (Phi) is 10.4. The SMILES string of the molecule is C=N.CO.COc1ccc2c(c1)C(c1ccc(Cl)cc1)=N[C@@H](CC=O)CN2C(C)=N. The Balaban J connectivity index is 0.00000106. The molecule has 30 heavy (non-hydrogen) atoms. The van der Waals surface area contributed by atoms with E-state index in [0.29, 0.717) is 29.6 Å². The summed E-state index contributed by atoms with van der Waals surface area (Å²) in [4.78, 5) is 17.9. The number of aliphatic hydroxyl groups excluding tert-OH is 1. The van der Waals surface area contributed by atoms with Crippen LogP contribution in [-0.2, 0) is 4.79 Å². The van der Waals surface area contributed by atoms with E-state index in [-0.39, 0.29) is 6.04 Å². The van der Waals surface area contributed by atoms with Crippen LogP contribution in [0, 0.1) is 10.8 Å². The van der Waals surface area contributed by atoms with Crippen molar-refractivity contribution in [1.29, 1.82) is 10.8 Å². The van der Waals surface area contributed by atoms with Crippen LogP contribution >= 0.6 is 11.6 Å². The molecule has 1 heterocycles. The highest BCUT2D eigenvalue weighted by atomic mass is 35.5. The molecule has 2 aromatic rings. The van der Waals surface area contributed by atoms with Crippen molar-refractivity contribution in [2.45, 2.75) is 19.4 Å². The number of hydrogen-bond acceptors (Lipinski definition) is 6. The average Bonchev–Trinajstić information content (AvgIpc) is 2.94. The van der Waals surface area contributed by atoms with Crippen LogP contribution in [0.25, 0.3) is 0 Å². The molecule has 3 N–H and O–H groups in total. The van der Waals surface area contributed by atoms with E-state index in [2.05, 4.69) is 6.72 Å². The number of anilines is 1. The topological polar surface area (TPSA) is 110 Å². The van der Waals surface area contributed by atoms with E-state index in [1.165, 1.54) is 0 Å². The van der Waals surface area contributed by atoms with Crippen molar-refractivity contribution >= 4 is 41.8 Å². The molecule has 0 saturated carbocycles. The number of carbonyl (C=O) groups is 1. The first-order valence-corrected chi connectivity index (χ1v) is 9.50. The molecular formula is C22H27ClN4O3. The van der Waals surface area contributed by atoms with Gasteiger partial charge in [0.15, 0.2) is 0 Å². The molecule has 8 heteroatoms. The zero-order chi connectivity index (χ0) is 22.7. The third-order valence-electron chi connectivity index (χ3n) is 4.35. The Morgan fingerprint density at radius 1 is 1.30 bits per heavy atom. The summed E-state index contributed by atoms with van der Waals surface area (Å²) < 4.78 is 5.39. The molecule has 1 aliphatic rings. The van der Waals surface area contributed by atoms with Gasteiger partial charge in [-0.05, 0) is 44.0 Å². The Morgan fingerprint density at radius 2 is 1.93 bits per heavy atom. The van der Waals surface area contributed by atoms with E-state index in [0.717, 1.165) is 35.9 Å². The maximum absolute atomic E-state index is 11.1. The highest BCUT2D eigenvalue weighted by Gasteiger charge is 2.26. The molecule has 160 valence electrons. The first-order chi connectivity index (χ1) is 14.5. The lowest BCUT2D eigenvalue weighted by Gasteiger charge is -2.25. The van der Waals surface area contributed by atoms with Gasteiger partial charge >= 0.3 is 0 Å². The van der Waals surface area contributed by atoms with Gasteiger partial charge in [0, 0.05) is 36.2 Å². The molecule has 0 radical (unpaired) electrons. The standard InChI is InChI=1S/C20H20ClN3O2.CH3N.CH4O/c1-13(22)24-12-16(9-10-25)23-20(14-3-5-15(21)6-4-14)18-11-17(26-2)7-8-19(18)24;2*1-2/h3-8,10-11,16,22H,9,12H2,1-2H3;2H,1H2;2H,1H3/t16-;;/m0../s1. The summed E-state index contributed by atoms with van der Waals surface area (Å²) in [5.74, 6) is 1.11. The second kappa shape index (κ2) is 12.5. The molecule has 0 saturated heterocycles. The van der Waals surface area contributed by atoms with E-state index in [1.54, 1.807) is 14.0 Å². The van der Waals surface area contributed by atoms with E-state index < -0.39 is 0 Å². The van der Waals surface area contributed by atoms with Crippen molar-refractivity contribution < 1.29 is 14.6 Å². The number of methoxy groups -OCH3 is 1. The van der Waals surface area contributed by atoms with Crippen LogP contribution in [0.4, 0.5) is 5.69 Å². The second-order valence-electron chi connectivity index (χ2n) is 6.12. The largest absolute Gasteiger partial charge is 0.497 e. The van der Waals surface area contributed by atoms with E-state index in [1.807, 2.05) is 47.4 Å². The van der Waals surface area contributed by atoms with Crippen LogP contribution in [0.1, 0.15) is 24.5 Å². The Hall–Kier alpha value is -3.03. The molecule has 0 aromatic heterocycles. The number of fused-ring (bicyclic) bond motifs is 1. The molecule has 2 aromatic carbocycles. The number of aliphatic hydroxyl groups is 1. The number of benzene rings is 2. The van der Waals surface area contributed by atoms with Crippen LogP contribution in [-0.4, -0.2) is 56.5 Å². The van der Waals surface area contributed by atoms with Gasteiger partial charge in [-0.1, -0.05) is 23.7 Å². The van der Waals surface area contributed by atoms with Crippen molar-refractivity contribution in [3.63, 3.8) is 0 Å². The highest BCUT2D eigenvalue weighted by molar-refractivity contribution is 6.30. The number of carbonyl (C=O) groups excluding carboxylic acids is 1. The predicted molar refractivity (Wildman–Crippen MR) is 123 cm³/mol. The number of amidine groups is 1. The van der Waals surface area contributed by atoms with Crippen LogP contribution in [0.5, 0.6) is 5.75 Å². The zero-order valence-electron chi connectivity index (χ0n) is 17.4. The number of aliphatic imine (C=N–C) groups is 1. The van der Waals surface area contributed by atoms with Gasteiger partial charge in [0.05, 0.1) is 30.4 Å². The van der Waals surface area contributed by atoms with Crippen molar-refractivity contribution in [3.8, 4) is 5.75 Å². The molecule has 3 rings (SSSR count). The quantitative estimate of drug-likeness (QED) is 0.389. The monoisotopic (exact) mass is 430 g/mol. The molecule has 1 aliphatic heterocycles. The van der Waals surface area contributed by atoms with Crippen LogP contribution in [0.3, 0.4) is 0 Å². The van der Waals surface area contributed by atoms with Gasteiger partial charge in [-0.15, -0.1) is 0 Å². The second-order valence-corrected chi connectivity index (χ2v) is 6.56. The number of ether oxygens (including phenoxy) is 1. The Morgan fingerprint density at radius 3 is 2.47 bits per heavy atom. The number of halogens is 1. The van der Waals surface area contributed by atoms with Gasteiger partial charge in [-0.3, -0.25) is 10.4 Å². The number of nitrogens with zero attached hydrogens (tertiary/aromatic N) is 2. The summed E-state index contributed by atoms with van der Waals surface area (Å²) in [6.45, 7) is 4.71. The smallest absolute Gasteiger partial charge is 0.122 e. The third-order valence-corrected chi connectivity index (χ3v) is 4.60. The summed E-state index contributed by atoms with van der Waals surface area (Å²) in [6.07, 6.45) is 1.17. The van der Waals surface area contributed by atoms with Crippen molar-refractivity contribution in [2.75, 3.05) is 25.7 Å². The third kappa shape index (κ3) is 5.98. The molecule has 0 aliphatic carbocycles. The van der Waals surface area contributed by atoms with Crippen LogP contribution < -0.4 is 9.64 Å². The summed E-state index contributed by atoms with van der Waals surface area (Å²) in [7, 11) is 2.62. The van der Waals surface area contributed by atoms with Gasteiger partial charge in [0.1, 0.15) is 12.0 Å². The predicted octanol–water partition coefficient (Wildman–Crippen LogP) is 3.84. The van der Waals surface area contributed by atoms with E-state index >= 15 is 0 Å². The number of hydrogen-bond donors (Lipinski definition) is 3.